The zero-order valence-corrected chi connectivity index (χ0v) is 29.5. The summed E-state index contributed by atoms with van der Waals surface area (Å²) in [4.78, 5) is 30.4. The number of benzene rings is 4. The molecule has 0 saturated heterocycles. The molecule has 0 bridgehead atoms. The van der Waals surface area contributed by atoms with Crippen LogP contribution in [-0.4, -0.2) is 50.4 Å². The summed E-state index contributed by atoms with van der Waals surface area (Å²) in [5.74, 6) is -0.181. The molecule has 252 valence electrons. The molecule has 1 fully saturated rings. The van der Waals surface area contributed by atoms with Crippen LogP contribution in [0.2, 0.25) is 0 Å². The van der Waals surface area contributed by atoms with Gasteiger partial charge in [0.05, 0.1) is 17.2 Å². The third-order valence-electron chi connectivity index (χ3n) is 8.53. The van der Waals surface area contributed by atoms with Crippen molar-refractivity contribution in [3.63, 3.8) is 0 Å². The number of sulfonamides is 1. The van der Waals surface area contributed by atoms with Crippen LogP contribution in [-0.2, 0) is 32.6 Å². The van der Waals surface area contributed by atoms with Crippen LogP contribution >= 0.6 is 15.9 Å². The highest BCUT2D eigenvalue weighted by Gasteiger charge is 2.35. The highest BCUT2D eigenvalue weighted by Crippen LogP contribution is 2.27. The van der Waals surface area contributed by atoms with E-state index in [1.807, 2.05) is 61.5 Å². The molecule has 5 rings (SSSR count). The molecule has 0 heterocycles. The smallest absolute Gasteiger partial charge is 0.264 e. The lowest BCUT2D eigenvalue weighted by atomic mass is 9.94. The highest BCUT2D eigenvalue weighted by molar-refractivity contribution is 9.10. The molecule has 0 radical (unpaired) electrons. The van der Waals surface area contributed by atoms with Crippen LogP contribution in [0.4, 0.5) is 5.69 Å². The quantitative estimate of drug-likeness (QED) is 0.149. The van der Waals surface area contributed by atoms with Gasteiger partial charge in [-0.1, -0.05) is 95.9 Å². The van der Waals surface area contributed by atoms with Crippen LogP contribution in [0.3, 0.4) is 0 Å². The van der Waals surface area contributed by atoms with E-state index in [4.69, 9.17) is 4.74 Å². The van der Waals surface area contributed by atoms with E-state index >= 15 is 0 Å². The van der Waals surface area contributed by atoms with E-state index in [9.17, 15) is 18.0 Å². The van der Waals surface area contributed by atoms with Gasteiger partial charge in [-0.3, -0.25) is 13.9 Å². The highest BCUT2D eigenvalue weighted by atomic mass is 79.9. The fourth-order valence-electron chi connectivity index (χ4n) is 6.01. The molecule has 4 aromatic carbocycles. The molecule has 2 amide bonds. The first-order valence-electron chi connectivity index (χ1n) is 16.4. The maximum absolute atomic E-state index is 14.7. The topological polar surface area (TPSA) is 96.0 Å². The number of carbonyl (C=O) groups excluding carboxylic acids is 2. The molecule has 0 unspecified atom stereocenters. The first kappa shape index (κ1) is 35.2. The van der Waals surface area contributed by atoms with Gasteiger partial charge in [-0.2, -0.15) is 0 Å². The van der Waals surface area contributed by atoms with Crippen molar-refractivity contribution in [3.05, 3.63) is 125 Å². The molecule has 8 nitrogen and oxygen atoms in total. The lowest BCUT2D eigenvalue weighted by Gasteiger charge is -2.35. The minimum Gasteiger partial charge on any atom is -0.494 e. The molecule has 1 atom stereocenters. The van der Waals surface area contributed by atoms with E-state index in [-0.39, 0.29) is 29.8 Å². The number of ether oxygens (including phenoxy) is 1. The summed E-state index contributed by atoms with van der Waals surface area (Å²) < 4.78 is 36.0. The summed E-state index contributed by atoms with van der Waals surface area (Å²) in [7, 11) is -4.20. The van der Waals surface area contributed by atoms with Crippen LogP contribution in [0.5, 0.6) is 5.75 Å². The Morgan fingerprint density at radius 3 is 2.08 bits per heavy atom. The van der Waals surface area contributed by atoms with Crippen LogP contribution in [0, 0.1) is 0 Å². The number of anilines is 1. The van der Waals surface area contributed by atoms with Crippen LogP contribution in [0.25, 0.3) is 0 Å². The lowest BCUT2D eigenvalue weighted by molar-refractivity contribution is -0.140. The van der Waals surface area contributed by atoms with Gasteiger partial charge in [-0.15, -0.1) is 0 Å². The SMILES string of the molecule is CCOc1ccc(S(=O)(=O)N(CC(=O)N(Cc2ccc(Br)cc2)[C@@H](Cc2ccccc2)C(=O)NC2CCCCC2)c2ccccc2)cc1. The summed E-state index contributed by atoms with van der Waals surface area (Å²) in [6, 6.07) is 31.1. The molecule has 1 aliphatic rings. The Kier molecular flexibility index (Phi) is 12.3. The van der Waals surface area contributed by atoms with Gasteiger partial charge in [-0.25, -0.2) is 8.42 Å². The van der Waals surface area contributed by atoms with E-state index in [1.54, 1.807) is 42.5 Å². The molecular formula is C38H42BrN3O5S. The van der Waals surface area contributed by atoms with Crippen molar-refractivity contribution in [2.24, 2.45) is 0 Å². The first-order valence-corrected chi connectivity index (χ1v) is 18.7. The van der Waals surface area contributed by atoms with Gasteiger partial charge >= 0.3 is 0 Å². The Hall–Kier alpha value is -4.15. The number of para-hydroxylation sites is 1. The van der Waals surface area contributed by atoms with Gasteiger partial charge in [0.1, 0.15) is 18.3 Å². The minimum absolute atomic E-state index is 0.0259. The lowest BCUT2D eigenvalue weighted by Crippen LogP contribution is -2.55. The second kappa shape index (κ2) is 16.8. The standard InChI is InChI=1S/C38H42BrN3O5S/c1-2-47-34-22-24-35(25-23-34)48(45,46)42(33-16-10-5-11-17-33)28-37(43)41(27-30-18-20-31(39)21-19-30)36(26-29-12-6-3-7-13-29)38(44)40-32-14-8-4-9-15-32/h3,5-7,10-13,16-25,32,36H,2,4,8-9,14-15,26-28H2,1H3,(H,40,44)/t36-/m0/s1. The van der Waals surface area contributed by atoms with Gasteiger partial charge in [-0.05, 0) is 79.4 Å². The predicted molar refractivity (Wildman–Crippen MR) is 192 cm³/mol. The van der Waals surface area contributed by atoms with Gasteiger partial charge < -0.3 is 15.0 Å². The summed E-state index contributed by atoms with van der Waals surface area (Å²) in [5.41, 5.74) is 2.06. The average Bonchev–Trinajstić information content (AvgIpc) is 3.11. The number of hydrogen-bond donors (Lipinski definition) is 1. The van der Waals surface area contributed by atoms with E-state index < -0.39 is 28.5 Å². The minimum atomic E-state index is -4.20. The first-order chi connectivity index (χ1) is 23.2. The molecular weight excluding hydrogens is 690 g/mol. The number of amides is 2. The number of nitrogens with zero attached hydrogens (tertiary/aromatic N) is 2. The normalized spacial score (nSPS) is 14.1. The van der Waals surface area contributed by atoms with Crippen molar-refractivity contribution in [3.8, 4) is 5.75 Å². The van der Waals surface area contributed by atoms with Gasteiger partial charge in [0, 0.05) is 23.5 Å². The largest absolute Gasteiger partial charge is 0.494 e. The zero-order chi connectivity index (χ0) is 33.9. The van der Waals surface area contributed by atoms with Crippen LogP contribution in [0.15, 0.2) is 119 Å². The monoisotopic (exact) mass is 731 g/mol. The van der Waals surface area contributed by atoms with E-state index in [0.717, 1.165) is 52.0 Å². The van der Waals surface area contributed by atoms with E-state index in [0.29, 0.717) is 18.0 Å². The number of halogens is 1. The summed E-state index contributed by atoms with van der Waals surface area (Å²) in [6.45, 7) is 1.92. The van der Waals surface area contributed by atoms with Gasteiger partial charge in [0.25, 0.3) is 10.0 Å². The molecule has 10 heteroatoms. The maximum atomic E-state index is 14.7. The molecule has 1 saturated carbocycles. The molecule has 48 heavy (non-hydrogen) atoms. The molecule has 1 N–H and O–H groups in total. The Labute approximate surface area is 292 Å². The molecule has 4 aromatic rings. The summed E-state index contributed by atoms with van der Waals surface area (Å²) >= 11 is 3.48. The number of carbonyl (C=O) groups is 2. The number of nitrogens with one attached hydrogen (secondary N) is 1. The fraction of sp³-hybridized carbons (Fsp3) is 0.316. The van der Waals surface area contributed by atoms with E-state index in [1.165, 1.54) is 17.0 Å². The van der Waals surface area contributed by atoms with Crippen molar-refractivity contribution in [2.45, 2.75) is 69.0 Å². The van der Waals surface area contributed by atoms with Crippen LogP contribution in [0.1, 0.15) is 50.2 Å². The molecule has 0 aromatic heterocycles. The second-order valence-corrected chi connectivity index (χ2v) is 14.7. The Bertz CT molecular complexity index is 1730. The Balaban J connectivity index is 1.53. The van der Waals surface area contributed by atoms with E-state index in [2.05, 4.69) is 21.2 Å². The van der Waals surface area contributed by atoms with Gasteiger partial charge in [0.15, 0.2) is 0 Å². The Morgan fingerprint density at radius 1 is 0.833 bits per heavy atom. The predicted octanol–water partition coefficient (Wildman–Crippen LogP) is 7.13. The third-order valence-corrected chi connectivity index (χ3v) is 10.9. The molecule has 1 aliphatic carbocycles. The van der Waals surface area contributed by atoms with Crippen molar-refractivity contribution < 1.29 is 22.7 Å². The van der Waals surface area contributed by atoms with Crippen molar-refractivity contribution in [1.29, 1.82) is 0 Å². The van der Waals surface area contributed by atoms with Crippen molar-refractivity contribution in [1.82, 2.24) is 10.2 Å². The van der Waals surface area contributed by atoms with Crippen LogP contribution < -0.4 is 14.4 Å². The molecule has 0 spiro atoms. The Morgan fingerprint density at radius 2 is 1.46 bits per heavy atom. The second-order valence-electron chi connectivity index (χ2n) is 11.9. The fourth-order valence-corrected chi connectivity index (χ4v) is 7.69. The van der Waals surface area contributed by atoms with Crippen molar-refractivity contribution >= 4 is 43.5 Å². The maximum Gasteiger partial charge on any atom is 0.264 e. The third kappa shape index (κ3) is 9.26. The average molecular weight is 733 g/mol. The zero-order valence-electron chi connectivity index (χ0n) is 27.1. The number of hydrogen-bond acceptors (Lipinski definition) is 5. The number of rotatable bonds is 14. The summed E-state index contributed by atoms with van der Waals surface area (Å²) in [6.07, 6.45) is 5.31. The summed E-state index contributed by atoms with van der Waals surface area (Å²) in [5, 5.41) is 3.24. The molecule has 0 aliphatic heterocycles. The van der Waals surface area contributed by atoms with Gasteiger partial charge in [0.2, 0.25) is 11.8 Å². The van der Waals surface area contributed by atoms with Crippen molar-refractivity contribution in [2.75, 3.05) is 17.5 Å².